The minimum atomic E-state index is 0.0318. The van der Waals surface area contributed by atoms with Crippen LogP contribution in [0.4, 0.5) is 0 Å². The van der Waals surface area contributed by atoms with Crippen molar-refractivity contribution in [2.75, 3.05) is 19.6 Å². The van der Waals surface area contributed by atoms with Crippen LogP contribution in [-0.2, 0) is 16.9 Å². The normalized spacial score (nSPS) is 22.6. The Labute approximate surface area is 110 Å². The van der Waals surface area contributed by atoms with Crippen molar-refractivity contribution in [1.82, 2.24) is 4.90 Å². The molecule has 2 aliphatic rings. The van der Waals surface area contributed by atoms with Gasteiger partial charge in [0.05, 0.1) is 12.2 Å². The Kier molecular flexibility index (Phi) is 3.16. The highest BCUT2D eigenvalue weighted by molar-refractivity contribution is 5.35. The number of piperidine rings is 1. The van der Waals surface area contributed by atoms with Crippen molar-refractivity contribution < 1.29 is 4.74 Å². The van der Waals surface area contributed by atoms with Gasteiger partial charge in [-0.2, -0.15) is 0 Å². The summed E-state index contributed by atoms with van der Waals surface area (Å²) in [6.45, 7) is 8.97. The van der Waals surface area contributed by atoms with E-state index in [0.717, 1.165) is 25.4 Å². The molecule has 0 N–H and O–H groups in total. The third kappa shape index (κ3) is 2.08. The molecule has 0 radical (unpaired) electrons. The lowest BCUT2D eigenvalue weighted by molar-refractivity contribution is -0.0798. The van der Waals surface area contributed by atoms with Crippen LogP contribution in [0.2, 0.25) is 0 Å². The molecule has 0 saturated carbocycles. The largest absolute Gasteiger partial charge is 0.365 e. The van der Waals surface area contributed by atoms with Gasteiger partial charge in [-0.25, -0.2) is 0 Å². The van der Waals surface area contributed by atoms with Crippen LogP contribution >= 0.6 is 0 Å². The SMILES string of the molecule is CC(C)CN1CCC2(CC1)OCc1ccccc12. The lowest BCUT2D eigenvalue weighted by atomic mass is 9.83. The fraction of sp³-hybridized carbons (Fsp3) is 0.625. The van der Waals surface area contributed by atoms with Crippen LogP contribution in [0, 0.1) is 5.92 Å². The van der Waals surface area contributed by atoms with Crippen molar-refractivity contribution in [2.24, 2.45) is 5.92 Å². The number of ether oxygens (including phenoxy) is 1. The van der Waals surface area contributed by atoms with Crippen molar-refractivity contribution in [2.45, 2.75) is 38.9 Å². The van der Waals surface area contributed by atoms with Crippen molar-refractivity contribution in [3.05, 3.63) is 35.4 Å². The van der Waals surface area contributed by atoms with Gasteiger partial charge in [0.2, 0.25) is 0 Å². The van der Waals surface area contributed by atoms with Crippen LogP contribution in [0.1, 0.15) is 37.8 Å². The van der Waals surface area contributed by atoms with E-state index in [-0.39, 0.29) is 5.60 Å². The highest BCUT2D eigenvalue weighted by atomic mass is 16.5. The molecule has 0 aliphatic carbocycles. The summed E-state index contributed by atoms with van der Waals surface area (Å²) in [6.07, 6.45) is 2.30. The number of rotatable bonds is 2. The molecule has 0 bridgehead atoms. The maximum absolute atomic E-state index is 6.18. The first-order valence-electron chi connectivity index (χ1n) is 7.14. The van der Waals surface area contributed by atoms with Gasteiger partial charge in [-0.3, -0.25) is 0 Å². The lowest BCUT2D eigenvalue weighted by Crippen LogP contribution is -2.43. The molecule has 1 saturated heterocycles. The van der Waals surface area contributed by atoms with Gasteiger partial charge in [-0.15, -0.1) is 0 Å². The molecular formula is C16H23NO. The predicted octanol–water partition coefficient (Wildman–Crippen LogP) is 3.16. The average molecular weight is 245 g/mol. The van der Waals surface area contributed by atoms with E-state index in [2.05, 4.69) is 43.0 Å². The summed E-state index contributed by atoms with van der Waals surface area (Å²) in [5.74, 6) is 0.760. The first-order valence-corrected chi connectivity index (χ1v) is 7.14. The molecule has 0 amide bonds. The lowest BCUT2D eigenvalue weighted by Gasteiger charge is -2.39. The third-order valence-corrected chi connectivity index (χ3v) is 4.30. The Morgan fingerprint density at radius 2 is 1.94 bits per heavy atom. The molecule has 1 fully saturated rings. The molecule has 2 heteroatoms. The van der Waals surface area contributed by atoms with Crippen LogP contribution in [0.15, 0.2) is 24.3 Å². The topological polar surface area (TPSA) is 12.5 Å². The van der Waals surface area contributed by atoms with Crippen LogP contribution in [-0.4, -0.2) is 24.5 Å². The van der Waals surface area contributed by atoms with Gasteiger partial charge in [-0.1, -0.05) is 38.1 Å². The highest BCUT2D eigenvalue weighted by Crippen LogP contribution is 2.43. The summed E-state index contributed by atoms with van der Waals surface area (Å²) >= 11 is 0. The van der Waals surface area contributed by atoms with Gasteiger partial charge in [-0.05, 0) is 29.9 Å². The van der Waals surface area contributed by atoms with Crippen LogP contribution in [0.5, 0.6) is 0 Å². The molecule has 0 atom stereocenters. The Bertz CT molecular complexity index is 419. The molecule has 1 spiro atoms. The Balaban J connectivity index is 1.73. The molecule has 1 aromatic rings. The van der Waals surface area contributed by atoms with Gasteiger partial charge in [0, 0.05) is 19.6 Å². The molecule has 3 rings (SSSR count). The summed E-state index contributed by atoms with van der Waals surface area (Å²) in [5.41, 5.74) is 2.88. The number of likely N-dealkylation sites (tertiary alicyclic amines) is 1. The minimum absolute atomic E-state index is 0.0318. The summed E-state index contributed by atoms with van der Waals surface area (Å²) < 4.78 is 6.18. The summed E-state index contributed by atoms with van der Waals surface area (Å²) in [4.78, 5) is 2.58. The molecule has 0 aromatic heterocycles. The van der Waals surface area contributed by atoms with Gasteiger partial charge in [0.15, 0.2) is 0 Å². The molecule has 2 aliphatic heterocycles. The first kappa shape index (κ1) is 12.2. The molecule has 0 unspecified atom stereocenters. The number of fused-ring (bicyclic) bond motifs is 2. The van der Waals surface area contributed by atoms with Gasteiger partial charge in [0.1, 0.15) is 0 Å². The standard InChI is InChI=1S/C16H23NO/c1-13(2)11-17-9-7-16(8-10-17)15-6-4-3-5-14(15)12-18-16/h3-6,13H,7-12H2,1-2H3. The van der Waals surface area contributed by atoms with Crippen molar-refractivity contribution in [1.29, 1.82) is 0 Å². The maximum atomic E-state index is 6.18. The van der Waals surface area contributed by atoms with Crippen LogP contribution < -0.4 is 0 Å². The van der Waals surface area contributed by atoms with Gasteiger partial charge < -0.3 is 9.64 Å². The molecule has 1 aromatic carbocycles. The second-order valence-corrected chi connectivity index (χ2v) is 6.13. The minimum Gasteiger partial charge on any atom is -0.365 e. The Morgan fingerprint density at radius 3 is 2.67 bits per heavy atom. The van der Waals surface area contributed by atoms with Crippen molar-refractivity contribution in [3.63, 3.8) is 0 Å². The average Bonchev–Trinajstić information content (AvgIpc) is 2.72. The van der Waals surface area contributed by atoms with E-state index in [1.165, 1.54) is 30.8 Å². The Morgan fingerprint density at radius 1 is 1.22 bits per heavy atom. The monoisotopic (exact) mass is 245 g/mol. The molecule has 18 heavy (non-hydrogen) atoms. The fourth-order valence-corrected chi connectivity index (χ4v) is 3.41. The second kappa shape index (κ2) is 4.67. The molecule has 98 valence electrons. The fourth-order valence-electron chi connectivity index (χ4n) is 3.41. The van der Waals surface area contributed by atoms with Crippen LogP contribution in [0.3, 0.4) is 0 Å². The van der Waals surface area contributed by atoms with Crippen LogP contribution in [0.25, 0.3) is 0 Å². The third-order valence-electron chi connectivity index (χ3n) is 4.30. The number of hydrogen-bond acceptors (Lipinski definition) is 2. The second-order valence-electron chi connectivity index (χ2n) is 6.13. The zero-order valence-corrected chi connectivity index (χ0v) is 11.5. The smallest absolute Gasteiger partial charge is 0.0963 e. The summed E-state index contributed by atoms with van der Waals surface area (Å²) in [7, 11) is 0. The van der Waals surface area contributed by atoms with E-state index in [1.54, 1.807) is 0 Å². The zero-order chi connectivity index (χ0) is 12.6. The highest BCUT2D eigenvalue weighted by Gasteiger charge is 2.42. The number of hydrogen-bond donors (Lipinski definition) is 0. The zero-order valence-electron chi connectivity index (χ0n) is 11.5. The van der Waals surface area contributed by atoms with Crippen molar-refractivity contribution >= 4 is 0 Å². The van der Waals surface area contributed by atoms with Crippen molar-refractivity contribution in [3.8, 4) is 0 Å². The quantitative estimate of drug-likeness (QED) is 0.793. The van der Waals surface area contributed by atoms with E-state index < -0.39 is 0 Å². The van der Waals surface area contributed by atoms with E-state index in [4.69, 9.17) is 4.74 Å². The summed E-state index contributed by atoms with van der Waals surface area (Å²) in [5, 5.41) is 0. The van der Waals surface area contributed by atoms with Gasteiger partial charge in [0.25, 0.3) is 0 Å². The van der Waals surface area contributed by atoms with E-state index in [0.29, 0.717) is 0 Å². The molecule has 2 nitrogen and oxygen atoms in total. The Hall–Kier alpha value is -0.860. The predicted molar refractivity (Wildman–Crippen MR) is 73.4 cm³/mol. The number of nitrogens with zero attached hydrogens (tertiary/aromatic N) is 1. The maximum Gasteiger partial charge on any atom is 0.0963 e. The van der Waals surface area contributed by atoms with Gasteiger partial charge >= 0.3 is 0 Å². The molecule has 2 heterocycles. The molecular weight excluding hydrogens is 222 g/mol. The summed E-state index contributed by atoms with van der Waals surface area (Å²) in [6, 6.07) is 8.75. The van der Waals surface area contributed by atoms with E-state index in [1.807, 2.05) is 0 Å². The number of benzene rings is 1. The van der Waals surface area contributed by atoms with E-state index in [9.17, 15) is 0 Å². The van der Waals surface area contributed by atoms with E-state index >= 15 is 0 Å². The first-order chi connectivity index (χ1) is 8.70.